The van der Waals surface area contributed by atoms with Gasteiger partial charge in [-0.25, -0.2) is 0 Å². The number of rotatable bonds is 8. The Kier molecular flexibility index (Phi) is 6.74. The molecule has 1 heterocycles. The van der Waals surface area contributed by atoms with Gasteiger partial charge in [-0.2, -0.15) is 0 Å². The molecule has 0 atom stereocenters. The summed E-state index contributed by atoms with van der Waals surface area (Å²) in [6.45, 7) is -0.103. The van der Waals surface area contributed by atoms with Crippen molar-refractivity contribution in [1.82, 2.24) is 4.57 Å². The second kappa shape index (κ2) is 10.0. The third-order valence-electron chi connectivity index (χ3n) is 5.58. The Hall–Kier alpha value is -4.06. The number of pyridine rings is 1. The standard InChI is InChI=1S/C27H26N2O4/c1-32-23-14-11-22(12-15-23)28-26(30)18-29-25-17-24(33-2)13-10-20(25)16-21(27(29)31)9-8-19-6-4-3-5-7-19/h3-7,10-17H,8-9,18H2,1-2H3,(H,28,30). The molecule has 168 valence electrons. The molecule has 1 amide bonds. The minimum atomic E-state index is -0.286. The third kappa shape index (κ3) is 5.23. The summed E-state index contributed by atoms with van der Waals surface area (Å²) in [5.74, 6) is 1.04. The van der Waals surface area contributed by atoms with E-state index >= 15 is 0 Å². The maximum absolute atomic E-state index is 13.4. The molecule has 1 aromatic heterocycles. The second-order valence-corrected chi connectivity index (χ2v) is 7.75. The average Bonchev–Trinajstić information content (AvgIpc) is 2.85. The molecule has 0 aliphatic carbocycles. The van der Waals surface area contributed by atoms with E-state index in [2.05, 4.69) is 5.32 Å². The van der Waals surface area contributed by atoms with Gasteiger partial charge in [-0.15, -0.1) is 0 Å². The number of benzene rings is 3. The zero-order valence-corrected chi connectivity index (χ0v) is 18.7. The lowest BCUT2D eigenvalue weighted by atomic mass is 10.0. The lowest BCUT2D eigenvalue weighted by Crippen LogP contribution is -2.30. The summed E-state index contributed by atoms with van der Waals surface area (Å²) in [6.07, 6.45) is 1.33. The van der Waals surface area contributed by atoms with Crippen molar-refractivity contribution < 1.29 is 14.3 Å². The second-order valence-electron chi connectivity index (χ2n) is 7.75. The highest BCUT2D eigenvalue weighted by atomic mass is 16.5. The number of carbonyl (C=O) groups is 1. The Balaban J connectivity index is 1.65. The molecule has 0 unspecified atom stereocenters. The lowest BCUT2D eigenvalue weighted by molar-refractivity contribution is -0.116. The van der Waals surface area contributed by atoms with Crippen LogP contribution in [-0.4, -0.2) is 24.7 Å². The molecule has 0 saturated heterocycles. The molecule has 0 aliphatic heterocycles. The number of carbonyl (C=O) groups excluding carboxylic acids is 1. The summed E-state index contributed by atoms with van der Waals surface area (Å²) in [6, 6.07) is 24.6. The molecule has 4 aromatic rings. The molecule has 0 fully saturated rings. The van der Waals surface area contributed by atoms with Gasteiger partial charge in [0.1, 0.15) is 18.0 Å². The molecule has 4 rings (SSSR count). The number of amides is 1. The van der Waals surface area contributed by atoms with Gasteiger partial charge in [0, 0.05) is 17.3 Å². The van der Waals surface area contributed by atoms with Gasteiger partial charge in [0.25, 0.3) is 5.56 Å². The Bertz CT molecular complexity index is 1310. The van der Waals surface area contributed by atoms with Crippen molar-refractivity contribution in [2.24, 2.45) is 0 Å². The van der Waals surface area contributed by atoms with Crippen molar-refractivity contribution in [2.75, 3.05) is 19.5 Å². The number of methoxy groups -OCH3 is 2. The Morgan fingerprint density at radius 2 is 1.55 bits per heavy atom. The fraction of sp³-hybridized carbons (Fsp3) is 0.185. The van der Waals surface area contributed by atoms with Crippen LogP contribution in [0.4, 0.5) is 5.69 Å². The molecule has 1 N–H and O–H groups in total. The summed E-state index contributed by atoms with van der Waals surface area (Å²) < 4.78 is 12.0. The molecular weight excluding hydrogens is 416 g/mol. The van der Waals surface area contributed by atoms with Gasteiger partial charge in [0.15, 0.2) is 0 Å². The highest BCUT2D eigenvalue weighted by molar-refractivity contribution is 5.92. The summed E-state index contributed by atoms with van der Waals surface area (Å²) in [7, 11) is 3.17. The van der Waals surface area contributed by atoms with Crippen LogP contribution in [0.3, 0.4) is 0 Å². The zero-order valence-electron chi connectivity index (χ0n) is 18.7. The fourth-order valence-corrected chi connectivity index (χ4v) is 3.82. The lowest BCUT2D eigenvalue weighted by Gasteiger charge is -2.14. The molecular formula is C27H26N2O4. The van der Waals surface area contributed by atoms with E-state index in [9.17, 15) is 9.59 Å². The third-order valence-corrected chi connectivity index (χ3v) is 5.58. The quantitative estimate of drug-likeness (QED) is 0.438. The molecule has 0 spiro atoms. The van der Waals surface area contributed by atoms with E-state index in [0.717, 1.165) is 17.4 Å². The van der Waals surface area contributed by atoms with Crippen molar-refractivity contribution in [2.45, 2.75) is 19.4 Å². The van der Waals surface area contributed by atoms with Gasteiger partial charge < -0.3 is 14.8 Å². The molecule has 0 saturated carbocycles. The first-order chi connectivity index (χ1) is 16.1. The zero-order chi connectivity index (χ0) is 23.2. The molecule has 6 heteroatoms. The molecule has 33 heavy (non-hydrogen) atoms. The van der Waals surface area contributed by atoms with Gasteiger partial charge in [-0.1, -0.05) is 30.3 Å². The van der Waals surface area contributed by atoms with E-state index in [0.29, 0.717) is 34.7 Å². The summed E-state index contributed by atoms with van der Waals surface area (Å²) >= 11 is 0. The van der Waals surface area contributed by atoms with Crippen molar-refractivity contribution >= 4 is 22.5 Å². The van der Waals surface area contributed by atoms with Crippen LogP contribution in [0.1, 0.15) is 11.1 Å². The van der Waals surface area contributed by atoms with E-state index in [4.69, 9.17) is 9.47 Å². The number of fused-ring (bicyclic) bond motifs is 1. The van der Waals surface area contributed by atoms with Crippen molar-refractivity contribution in [3.8, 4) is 11.5 Å². The molecule has 3 aromatic carbocycles. The van der Waals surface area contributed by atoms with E-state index < -0.39 is 0 Å². The first kappa shape index (κ1) is 22.1. The van der Waals surface area contributed by atoms with Crippen LogP contribution in [-0.2, 0) is 24.2 Å². The van der Waals surface area contributed by atoms with Gasteiger partial charge in [-0.05, 0) is 66.3 Å². The van der Waals surface area contributed by atoms with Crippen LogP contribution in [0.2, 0.25) is 0 Å². The normalized spacial score (nSPS) is 10.7. The number of ether oxygens (including phenoxy) is 2. The smallest absolute Gasteiger partial charge is 0.254 e. The number of hydrogen-bond donors (Lipinski definition) is 1. The average molecular weight is 443 g/mol. The van der Waals surface area contributed by atoms with E-state index in [1.807, 2.05) is 48.5 Å². The van der Waals surface area contributed by atoms with E-state index in [1.165, 1.54) is 4.57 Å². The van der Waals surface area contributed by atoms with Crippen LogP contribution in [0.25, 0.3) is 10.9 Å². The molecule has 6 nitrogen and oxygen atoms in total. The van der Waals surface area contributed by atoms with Crippen LogP contribution in [0.5, 0.6) is 11.5 Å². The van der Waals surface area contributed by atoms with Crippen molar-refractivity contribution in [3.05, 3.63) is 100 Å². The first-order valence-corrected chi connectivity index (χ1v) is 10.8. The summed E-state index contributed by atoms with van der Waals surface area (Å²) in [5, 5.41) is 3.74. The Labute approximate surface area is 192 Å². The van der Waals surface area contributed by atoms with Crippen molar-refractivity contribution in [3.63, 3.8) is 0 Å². The Morgan fingerprint density at radius 3 is 2.24 bits per heavy atom. The van der Waals surface area contributed by atoms with Crippen LogP contribution in [0, 0.1) is 0 Å². The predicted molar refractivity (Wildman–Crippen MR) is 130 cm³/mol. The summed E-state index contributed by atoms with van der Waals surface area (Å²) in [5.41, 5.74) is 2.96. The SMILES string of the molecule is COc1ccc(NC(=O)Cn2c(=O)c(CCc3ccccc3)cc3ccc(OC)cc32)cc1. The molecule has 0 aliphatic rings. The highest BCUT2D eigenvalue weighted by Gasteiger charge is 2.14. The highest BCUT2D eigenvalue weighted by Crippen LogP contribution is 2.22. The number of nitrogens with one attached hydrogen (secondary N) is 1. The number of hydrogen-bond acceptors (Lipinski definition) is 4. The van der Waals surface area contributed by atoms with Crippen LogP contribution in [0.15, 0.2) is 83.7 Å². The first-order valence-electron chi connectivity index (χ1n) is 10.8. The fourth-order valence-electron chi connectivity index (χ4n) is 3.82. The van der Waals surface area contributed by atoms with Gasteiger partial charge in [-0.3, -0.25) is 14.2 Å². The maximum atomic E-state index is 13.4. The molecule has 0 radical (unpaired) electrons. The molecule has 0 bridgehead atoms. The largest absolute Gasteiger partial charge is 0.497 e. The Morgan fingerprint density at radius 1 is 0.848 bits per heavy atom. The van der Waals surface area contributed by atoms with Crippen molar-refractivity contribution in [1.29, 1.82) is 0 Å². The van der Waals surface area contributed by atoms with Crippen LogP contribution < -0.4 is 20.3 Å². The minimum Gasteiger partial charge on any atom is -0.497 e. The summed E-state index contributed by atoms with van der Waals surface area (Å²) in [4.78, 5) is 26.2. The number of anilines is 1. The van der Waals surface area contributed by atoms with E-state index in [1.54, 1.807) is 44.6 Å². The van der Waals surface area contributed by atoms with E-state index in [-0.39, 0.29) is 18.0 Å². The minimum absolute atomic E-state index is 0.103. The predicted octanol–water partition coefficient (Wildman–Crippen LogP) is 4.44. The maximum Gasteiger partial charge on any atom is 0.254 e. The van der Waals surface area contributed by atoms with Gasteiger partial charge in [0.2, 0.25) is 5.91 Å². The number of aromatic nitrogens is 1. The number of nitrogens with zero attached hydrogens (tertiary/aromatic N) is 1. The topological polar surface area (TPSA) is 69.6 Å². The van der Waals surface area contributed by atoms with Crippen LogP contribution >= 0.6 is 0 Å². The van der Waals surface area contributed by atoms with Gasteiger partial charge in [0.05, 0.1) is 19.7 Å². The monoisotopic (exact) mass is 442 g/mol. The van der Waals surface area contributed by atoms with Gasteiger partial charge >= 0.3 is 0 Å². The number of aryl methyl sites for hydroxylation is 2.